The van der Waals surface area contributed by atoms with Crippen LogP contribution in [0.25, 0.3) is 0 Å². The number of piperidine rings is 1. The van der Waals surface area contributed by atoms with Crippen LogP contribution < -0.4 is 0 Å². The minimum Gasteiger partial charge on any atom is -0.469 e. The van der Waals surface area contributed by atoms with Crippen LogP contribution in [0.15, 0.2) is 12.2 Å². The molecule has 0 spiro atoms. The fourth-order valence-electron chi connectivity index (χ4n) is 5.16. The lowest BCUT2D eigenvalue weighted by molar-refractivity contribution is -0.150. The topological polar surface area (TPSA) is 84.0 Å². The molecule has 0 aromatic carbocycles. The highest BCUT2D eigenvalue weighted by molar-refractivity contribution is 6.08. The van der Waals surface area contributed by atoms with Gasteiger partial charge in [-0.2, -0.15) is 0 Å². The van der Waals surface area contributed by atoms with Crippen LogP contribution in [0, 0.1) is 23.7 Å². The minimum absolute atomic E-state index is 0.142. The number of imide groups is 1. The Kier molecular flexibility index (Phi) is 4.32. The first-order valence-electron chi connectivity index (χ1n) is 9.41. The summed E-state index contributed by atoms with van der Waals surface area (Å²) in [6.07, 6.45) is 7.67. The maximum Gasteiger partial charge on any atom is 0.307 e. The van der Waals surface area contributed by atoms with Crippen LogP contribution in [0.3, 0.4) is 0 Å². The maximum absolute atomic E-state index is 12.8. The predicted molar refractivity (Wildman–Crippen MR) is 90.4 cm³/mol. The molecule has 0 N–H and O–H groups in total. The zero-order valence-electron chi connectivity index (χ0n) is 14.9. The van der Waals surface area contributed by atoms with Gasteiger partial charge in [0.2, 0.25) is 17.7 Å². The van der Waals surface area contributed by atoms with Gasteiger partial charge in [0, 0.05) is 12.6 Å². The molecule has 2 heterocycles. The standard InChI is InChI=1S/C19H24N2O5/c1-26-15(23)9-13-4-2-3-7-20(13)14(22)10-21-18(24)16-11-5-6-12(8-11)17(16)19(21)25/h5-6,11-13,16-17H,2-4,7-10H2,1H3. The molecular formula is C19H24N2O5. The molecule has 7 nitrogen and oxygen atoms in total. The first-order valence-corrected chi connectivity index (χ1v) is 9.41. The number of hydrogen-bond acceptors (Lipinski definition) is 5. The smallest absolute Gasteiger partial charge is 0.307 e. The molecule has 140 valence electrons. The van der Waals surface area contributed by atoms with Gasteiger partial charge in [0.15, 0.2) is 0 Å². The van der Waals surface area contributed by atoms with E-state index in [0.29, 0.717) is 6.54 Å². The zero-order valence-corrected chi connectivity index (χ0v) is 14.9. The Morgan fingerprint density at radius 3 is 2.38 bits per heavy atom. The predicted octanol–water partition coefficient (Wildman–Crippen LogP) is 0.738. The van der Waals surface area contributed by atoms with E-state index >= 15 is 0 Å². The van der Waals surface area contributed by atoms with E-state index in [0.717, 1.165) is 30.6 Å². The maximum atomic E-state index is 12.8. The van der Waals surface area contributed by atoms with Crippen molar-refractivity contribution < 1.29 is 23.9 Å². The van der Waals surface area contributed by atoms with Crippen LogP contribution >= 0.6 is 0 Å². The average molecular weight is 360 g/mol. The summed E-state index contributed by atoms with van der Waals surface area (Å²) < 4.78 is 4.73. The second-order valence-electron chi connectivity index (χ2n) is 7.78. The summed E-state index contributed by atoms with van der Waals surface area (Å²) in [4.78, 5) is 52.7. The molecule has 5 unspecified atom stereocenters. The molecular weight excluding hydrogens is 336 g/mol. The third-order valence-corrected chi connectivity index (χ3v) is 6.43. The van der Waals surface area contributed by atoms with Crippen molar-refractivity contribution in [3.63, 3.8) is 0 Å². The molecule has 4 rings (SSSR count). The molecule has 3 fully saturated rings. The van der Waals surface area contributed by atoms with Gasteiger partial charge < -0.3 is 9.64 Å². The number of methoxy groups -OCH3 is 1. The summed E-state index contributed by atoms with van der Waals surface area (Å²) in [5.74, 6) is -1.28. The van der Waals surface area contributed by atoms with Crippen LogP contribution in [-0.2, 0) is 23.9 Å². The normalized spacial score (nSPS) is 35.2. The van der Waals surface area contributed by atoms with Crippen molar-refractivity contribution in [2.75, 3.05) is 20.2 Å². The molecule has 4 aliphatic rings. The summed E-state index contributed by atoms with van der Waals surface area (Å²) in [5, 5.41) is 0. The Morgan fingerprint density at radius 2 is 1.77 bits per heavy atom. The molecule has 2 aliphatic heterocycles. The molecule has 2 aliphatic carbocycles. The van der Waals surface area contributed by atoms with E-state index in [-0.39, 0.29) is 66.4 Å². The second-order valence-corrected chi connectivity index (χ2v) is 7.78. The first kappa shape index (κ1) is 17.2. The summed E-state index contributed by atoms with van der Waals surface area (Å²) in [6.45, 7) is 0.345. The van der Waals surface area contributed by atoms with E-state index in [1.165, 1.54) is 7.11 Å². The Hall–Kier alpha value is -2.18. The fourth-order valence-corrected chi connectivity index (χ4v) is 5.16. The number of allylic oxidation sites excluding steroid dienone is 2. The average Bonchev–Trinajstić information content (AvgIpc) is 3.32. The van der Waals surface area contributed by atoms with Gasteiger partial charge in [-0.1, -0.05) is 12.2 Å². The number of hydrogen-bond donors (Lipinski definition) is 0. The number of amides is 3. The number of nitrogens with zero attached hydrogens (tertiary/aromatic N) is 2. The molecule has 0 aromatic rings. The van der Waals surface area contributed by atoms with Crippen LogP contribution in [0.5, 0.6) is 0 Å². The van der Waals surface area contributed by atoms with E-state index in [1.54, 1.807) is 4.90 Å². The summed E-state index contributed by atoms with van der Waals surface area (Å²) in [7, 11) is 1.33. The lowest BCUT2D eigenvalue weighted by Crippen LogP contribution is -2.50. The van der Waals surface area contributed by atoms with E-state index in [4.69, 9.17) is 4.74 Å². The number of rotatable bonds is 4. The van der Waals surface area contributed by atoms with Crippen molar-refractivity contribution in [1.29, 1.82) is 0 Å². The van der Waals surface area contributed by atoms with E-state index < -0.39 is 0 Å². The van der Waals surface area contributed by atoms with E-state index in [1.807, 2.05) is 12.2 Å². The summed E-state index contributed by atoms with van der Waals surface area (Å²) >= 11 is 0. The highest BCUT2D eigenvalue weighted by Crippen LogP contribution is 2.52. The Bertz CT molecular complexity index is 657. The second kappa shape index (κ2) is 6.52. The van der Waals surface area contributed by atoms with E-state index in [2.05, 4.69) is 0 Å². The van der Waals surface area contributed by atoms with Crippen molar-refractivity contribution in [3.05, 3.63) is 12.2 Å². The SMILES string of the molecule is COC(=O)CC1CCCCN1C(=O)CN1C(=O)C2C3C=CC(C3)C2C1=O. The van der Waals surface area contributed by atoms with Crippen molar-refractivity contribution in [3.8, 4) is 0 Å². The molecule has 2 saturated heterocycles. The first-order chi connectivity index (χ1) is 12.5. The van der Waals surface area contributed by atoms with Crippen molar-refractivity contribution in [1.82, 2.24) is 9.80 Å². The lowest BCUT2D eigenvalue weighted by atomic mass is 9.85. The molecule has 5 atom stereocenters. The number of ether oxygens (including phenoxy) is 1. The fraction of sp³-hybridized carbons (Fsp3) is 0.684. The molecule has 3 amide bonds. The number of fused-ring (bicyclic) bond motifs is 5. The number of carbonyl (C=O) groups excluding carboxylic acids is 4. The van der Waals surface area contributed by atoms with Gasteiger partial charge in [0.1, 0.15) is 6.54 Å². The molecule has 2 bridgehead atoms. The Labute approximate surface area is 152 Å². The monoisotopic (exact) mass is 360 g/mol. The highest BCUT2D eigenvalue weighted by atomic mass is 16.5. The Balaban J connectivity index is 1.45. The summed E-state index contributed by atoms with van der Waals surface area (Å²) in [6, 6.07) is -0.214. The quantitative estimate of drug-likeness (QED) is 0.419. The molecule has 7 heteroatoms. The lowest BCUT2D eigenvalue weighted by Gasteiger charge is -2.36. The van der Waals surface area contributed by atoms with Gasteiger partial charge in [-0.15, -0.1) is 0 Å². The molecule has 0 radical (unpaired) electrons. The van der Waals surface area contributed by atoms with Crippen LogP contribution in [-0.4, -0.2) is 59.7 Å². The minimum atomic E-state index is -0.347. The summed E-state index contributed by atoms with van der Waals surface area (Å²) in [5.41, 5.74) is 0. The van der Waals surface area contributed by atoms with Crippen LogP contribution in [0.2, 0.25) is 0 Å². The van der Waals surface area contributed by atoms with Gasteiger partial charge in [-0.3, -0.25) is 24.1 Å². The number of likely N-dealkylation sites (tertiary alicyclic amines) is 2. The van der Waals surface area contributed by atoms with E-state index in [9.17, 15) is 19.2 Å². The van der Waals surface area contributed by atoms with Gasteiger partial charge in [0.25, 0.3) is 0 Å². The van der Waals surface area contributed by atoms with Crippen molar-refractivity contribution in [2.24, 2.45) is 23.7 Å². The highest BCUT2D eigenvalue weighted by Gasteiger charge is 2.59. The molecule has 26 heavy (non-hydrogen) atoms. The van der Waals surface area contributed by atoms with Crippen molar-refractivity contribution >= 4 is 23.7 Å². The van der Waals surface area contributed by atoms with Gasteiger partial charge in [-0.05, 0) is 37.5 Å². The van der Waals surface area contributed by atoms with Gasteiger partial charge >= 0.3 is 5.97 Å². The molecule has 0 aromatic heterocycles. The number of esters is 1. The number of carbonyl (C=O) groups is 4. The Morgan fingerprint density at radius 1 is 1.12 bits per heavy atom. The zero-order chi connectivity index (χ0) is 18.4. The van der Waals surface area contributed by atoms with Crippen LogP contribution in [0.1, 0.15) is 32.1 Å². The third-order valence-electron chi connectivity index (χ3n) is 6.43. The van der Waals surface area contributed by atoms with Crippen molar-refractivity contribution in [2.45, 2.75) is 38.1 Å². The largest absolute Gasteiger partial charge is 0.469 e. The van der Waals surface area contributed by atoms with Gasteiger partial charge in [-0.25, -0.2) is 0 Å². The van der Waals surface area contributed by atoms with Crippen LogP contribution in [0.4, 0.5) is 0 Å². The van der Waals surface area contributed by atoms with Gasteiger partial charge in [0.05, 0.1) is 25.4 Å². The third kappa shape index (κ3) is 2.64. The molecule has 1 saturated carbocycles.